The van der Waals surface area contributed by atoms with Crippen molar-refractivity contribution in [3.05, 3.63) is 0 Å². The number of ether oxygens (including phenoxy) is 1. The third-order valence-electron chi connectivity index (χ3n) is 4.10. The maximum absolute atomic E-state index is 11.9. The summed E-state index contributed by atoms with van der Waals surface area (Å²) in [5.41, 5.74) is 0.283. The number of hydrogen-bond donors (Lipinski definition) is 2. The van der Waals surface area contributed by atoms with Crippen LogP contribution in [-0.2, 0) is 9.53 Å². The van der Waals surface area contributed by atoms with Gasteiger partial charge in [-0.2, -0.15) is 0 Å². The van der Waals surface area contributed by atoms with Crippen LogP contribution in [0.15, 0.2) is 0 Å². The zero-order valence-corrected chi connectivity index (χ0v) is 13.3. The van der Waals surface area contributed by atoms with Gasteiger partial charge in [0.25, 0.3) is 0 Å². The number of halogens is 1. The molecular weight excluding hydrogens is 264 g/mol. The van der Waals surface area contributed by atoms with Crippen molar-refractivity contribution in [1.29, 1.82) is 0 Å². The monoisotopic (exact) mass is 292 g/mol. The second-order valence-electron chi connectivity index (χ2n) is 5.63. The zero-order valence-electron chi connectivity index (χ0n) is 12.5. The molecule has 1 unspecified atom stereocenters. The van der Waals surface area contributed by atoms with Gasteiger partial charge in [0.1, 0.15) is 0 Å². The summed E-state index contributed by atoms with van der Waals surface area (Å²) in [5, 5.41) is 6.16. The summed E-state index contributed by atoms with van der Waals surface area (Å²) in [4.78, 5) is 11.9. The maximum atomic E-state index is 11.9. The number of amides is 1. The highest BCUT2D eigenvalue weighted by Crippen LogP contribution is 2.40. The molecule has 5 heteroatoms. The first kappa shape index (κ1) is 18.7. The lowest BCUT2D eigenvalue weighted by Gasteiger charge is -2.29. The molecule has 114 valence electrons. The van der Waals surface area contributed by atoms with E-state index in [9.17, 15) is 4.79 Å². The largest absolute Gasteiger partial charge is 0.385 e. The van der Waals surface area contributed by atoms with Gasteiger partial charge in [-0.05, 0) is 31.7 Å². The van der Waals surface area contributed by atoms with E-state index in [1.54, 1.807) is 7.11 Å². The lowest BCUT2D eigenvalue weighted by molar-refractivity contribution is -0.124. The molecule has 0 spiro atoms. The van der Waals surface area contributed by atoms with Gasteiger partial charge in [0.2, 0.25) is 5.91 Å². The van der Waals surface area contributed by atoms with E-state index in [0.717, 1.165) is 26.1 Å². The van der Waals surface area contributed by atoms with E-state index in [1.807, 2.05) is 14.0 Å². The Morgan fingerprint density at radius 2 is 2.00 bits per heavy atom. The lowest BCUT2D eigenvalue weighted by atomic mass is 9.83. The van der Waals surface area contributed by atoms with Gasteiger partial charge in [-0.15, -0.1) is 12.4 Å². The first-order valence-electron chi connectivity index (χ1n) is 7.05. The molecule has 2 N–H and O–H groups in total. The fraction of sp³-hybridized carbons (Fsp3) is 0.929. The number of carbonyl (C=O) groups is 1. The van der Waals surface area contributed by atoms with Crippen LogP contribution < -0.4 is 10.6 Å². The zero-order chi connectivity index (χ0) is 13.4. The number of rotatable bonds is 8. The van der Waals surface area contributed by atoms with Gasteiger partial charge in [0.05, 0.1) is 0 Å². The molecule has 1 rings (SSSR count). The summed E-state index contributed by atoms with van der Waals surface area (Å²) in [6.45, 7) is 4.30. The number of methoxy groups -OCH3 is 1. The van der Waals surface area contributed by atoms with E-state index < -0.39 is 0 Å². The highest BCUT2D eigenvalue weighted by molar-refractivity contribution is 5.85. The Balaban J connectivity index is 0.00000324. The lowest BCUT2D eigenvalue weighted by Crippen LogP contribution is -2.41. The van der Waals surface area contributed by atoms with Crippen LogP contribution in [0, 0.1) is 11.3 Å². The Kier molecular flexibility index (Phi) is 9.40. The summed E-state index contributed by atoms with van der Waals surface area (Å²) in [6, 6.07) is 0. The highest BCUT2D eigenvalue weighted by atomic mass is 35.5. The van der Waals surface area contributed by atoms with Crippen molar-refractivity contribution in [3.8, 4) is 0 Å². The van der Waals surface area contributed by atoms with Crippen molar-refractivity contribution >= 4 is 18.3 Å². The molecule has 0 aromatic rings. The SMILES string of the molecule is CNCC(C)C(=O)NCC1(CCOC)CCCC1.Cl. The minimum Gasteiger partial charge on any atom is -0.385 e. The van der Waals surface area contributed by atoms with Crippen LogP contribution in [-0.4, -0.2) is 39.8 Å². The average Bonchev–Trinajstić information content (AvgIpc) is 2.83. The Morgan fingerprint density at radius 1 is 1.37 bits per heavy atom. The minimum atomic E-state index is 0. The van der Waals surface area contributed by atoms with Crippen LogP contribution in [0.4, 0.5) is 0 Å². The van der Waals surface area contributed by atoms with Gasteiger partial charge in [0.15, 0.2) is 0 Å². The Morgan fingerprint density at radius 3 is 2.53 bits per heavy atom. The predicted molar refractivity (Wildman–Crippen MR) is 80.7 cm³/mol. The molecule has 1 aliphatic carbocycles. The number of carbonyl (C=O) groups excluding carboxylic acids is 1. The Labute approximate surface area is 123 Å². The second kappa shape index (κ2) is 9.56. The number of hydrogen-bond acceptors (Lipinski definition) is 3. The van der Waals surface area contributed by atoms with Crippen LogP contribution in [0.1, 0.15) is 39.0 Å². The van der Waals surface area contributed by atoms with Gasteiger partial charge >= 0.3 is 0 Å². The molecule has 4 nitrogen and oxygen atoms in total. The van der Waals surface area contributed by atoms with E-state index in [2.05, 4.69) is 10.6 Å². The van der Waals surface area contributed by atoms with Gasteiger partial charge < -0.3 is 15.4 Å². The quantitative estimate of drug-likeness (QED) is 0.719. The summed E-state index contributed by atoms with van der Waals surface area (Å²) in [6.07, 6.45) is 6.07. The van der Waals surface area contributed by atoms with E-state index in [4.69, 9.17) is 4.74 Å². The topological polar surface area (TPSA) is 50.4 Å². The Bertz CT molecular complexity index is 256. The highest BCUT2D eigenvalue weighted by Gasteiger charge is 2.33. The van der Waals surface area contributed by atoms with E-state index in [-0.39, 0.29) is 29.6 Å². The smallest absolute Gasteiger partial charge is 0.224 e. The third-order valence-corrected chi connectivity index (χ3v) is 4.10. The van der Waals surface area contributed by atoms with Crippen LogP contribution in [0.3, 0.4) is 0 Å². The van der Waals surface area contributed by atoms with Gasteiger partial charge in [-0.25, -0.2) is 0 Å². The van der Waals surface area contributed by atoms with Crippen molar-refractivity contribution in [1.82, 2.24) is 10.6 Å². The van der Waals surface area contributed by atoms with Gasteiger partial charge in [0, 0.05) is 32.7 Å². The molecule has 1 aliphatic rings. The molecule has 0 radical (unpaired) electrons. The number of nitrogens with one attached hydrogen (secondary N) is 2. The maximum Gasteiger partial charge on any atom is 0.224 e. The summed E-state index contributed by atoms with van der Waals surface area (Å²) in [7, 11) is 3.62. The molecule has 0 bridgehead atoms. The van der Waals surface area contributed by atoms with E-state index in [1.165, 1.54) is 25.7 Å². The van der Waals surface area contributed by atoms with Crippen molar-refractivity contribution in [3.63, 3.8) is 0 Å². The van der Waals surface area contributed by atoms with Crippen molar-refractivity contribution in [2.24, 2.45) is 11.3 Å². The van der Waals surface area contributed by atoms with Crippen molar-refractivity contribution in [2.75, 3.05) is 33.9 Å². The molecule has 1 atom stereocenters. The molecule has 0 aromatic carbocycles. The van der Waals surface area contributed by atoms with Gasteiger partial charge in [-0.1, -0.05) is 19.8 Å². The standard InChI is InChI=1S/C14H28N2O2.ClH/c1-12(10-15-2)13(17)16-11-14(8-9-18-3)6-4-5-7-14;/h12,15H,4-11H2,1-3H3,(H,16,17);1H. The fourth-order valence-electron chi connectivity index (χ4n) is 2.81. The molecule has 0 aliphatic heterocycles. The third kappa shape index (κ3) is 6.11. The summed E-state index contributed by atoms with van der Waals surface area (Å²) < 4.78 is 5.20. The summed E-state index contributed by atoms with van der Waals surface area (Å²) >= 11 is 0. The predicted octanol–water partition coefficient (Wildman–Crippen LogP) is 1.98. The Hall–Kier alpha value is -0.320. The molecule has 0 saturated heterocycles. The van der Waals surface area contributed by atoms with Crippen LogP contribution in [0.5, 0.6) is 0 Å². The first-order valence-corrected chi connectivity index (χ1v) is 7.05. The van der Waals surface area contributed by atoms with Crippen molar-refractivity contribution in [2.45, 2.75) is 39.0 Å². The average molecular weight is 293 g/mol. The van der Waals surface area contributed by atoms with Crippen LogP contribution in [0.25, 0.3) is 0 Å². The normalized spacial score (nSPS) is 18.7. The first-order chi connectivity index (χ1) is 8.63. The molecule has 1 amide bonds. The minimum absolute atomic E-state index is 0. The molecule has 0 aromatic heterocycles. The molecule has 1 saturated carbocycles. The molecular formula is C14H29ClN2O2. The molecule has 1 fully saturated rings. The fourth-order valence-corrected chi connectivity index (χ4v) is 2.81. The van der Waals surface area contributed by atoms with E-state index >= 15 is 0 Å². The molecule has 0 heterocycles. The molecule has 19 heavy (non-hydrogen) atoms. The van der Waals surface area contributed by atoms with Crippen LogP contribution in [0.2, 0.25) is 0 Å². The summed E-state index contributed by atoms with van der Waals surface area (Å²) in [5.74, 6) is 0.198. The van der Waals surface area contributed by atoms with Gasteiger partial charge in [-0.3, -0.25) is 4.79 Å². The van der Waals surface area contributed by atoms with Crippen LogP contribution >= 0.6 is 12.4 Å². The second-order valence-corrected chi connectivity index (χ2v) is 5.63. The van der Waals surface area contributed by atoms with E-state index in [0.29, 0.717) is 0 Å². The van der Waals surface area contributed by atoms with Crippen molar-refractivity contribution < 1.29 is 9.53 Å².